The highest BCUT2D eigenvalue weighted by atomic mass is 32.2. The van der Waals surface area contributed by atoms with E-state index in [1.54, 1.807) is 0 Å². The van der Waals surface area contributed by atoms with E-state index >= 15 is 0 Å². The molecule has 1 heterocycles. The monoisotopic (exact) mass is 285 g/mol. The first-order valence-electron chi connectivity index (χ1n) is 5.38. The normalized spacial score (nSPS) is 11.6. The number of nitrogens with one attached hydrogen (secondary N) is 2. The van der Waals surface area contributed by atoms with Gasteiger partial charge in [-0.2, -0.15) is 5.10 Å². The van der Waals surface area contributed by atoms with Gasteiger partial charge in [0, 0.05) is 13.0 Å². The number of rotatable bonds is 5. The van der Waals surface area contributed by atoms with Crippen LogP contribution in [0.2, 0.25) is 0 Å². The standard InChI is InChI=1S/C10H12FN5O2S/c11-8-2-1-7(5-9(8)12)19(17,18)15-4-3-10-13-6-14-16-10/h1-2,5-6,15H,3-4,12H2,(H,13,14,16). The predicted octanol–water partition coefficient (Wildman–Crippen LogP) is 0.0470. The summed E-state index contributed by atoms with van der Waals surface area (Å²) in [5, 5.41) is 6.26. The van der Waals surface area contributed by atoms with Gasteiger partial charge in [-0.25, -0.2) is 22.5 Å². The van der Waals surface area contributed by atoms with Crippen molar-refractivity contribution < 1.29 is 12.8 Å². The third-order valence-corrected chi connectivity index (χ3v) is 3.86. The minimum atomic E-state index is -3.71. The van der Waals surface area contributed by atoms with Crippen molar-refractivity contribution in [1.82, 2.24) is 19.9 Å². The zero-order chi connectivity index (χ0) is 13.9. The average Bonchev–Trinajstić information content (AvgIpc) is 2.85. The van der Waals surface area contributed by atoms with E-state index in [9.17, 15) is 12.8 Å². The Morgan fingerprint density at radius 3 is 2.84 bits per heavy atom. The van der Waals surface area contributed by atoms with Crippen molar-refractivity contribution in [3.8, 4) is 0 Å². The van der Waals surface area contributed by atoms with Crippen molar-refractivity contribution in [3.05, 3.63) is 36.2 Å². The molecule has 7 nitrogen and oxygen atoms in total. The zero-order valence-corrected chi connectivity index (χ0v) is 10.6. The molecule has 19 heavy (non-hydrogen) atoms. The number of nitrogens with two attached hydrogens (primary N) is 1. The third-order valence-electron chi connectivity index (χ3n) is 2.40. The first-order chi connectivity index (χ1) is 8.99. The molecular formula is C10H12FN5O2S. The van der Waals surface area contributed by atoms with Crippen molar-refractivity contribution in [1.29, 1.82) is 0 Å². The van der Waals surface area contributed by atoms with Gasteiger partial charge in [-0.15, -0.1) is 0 Å². The minimum Gasteiger partial charge on any atom is -0.396 e. The molecule has 0 saturated heterocycles. The van der Waals surface area contributed by atoms with Crippen LogP contribution in [0.5, 0.6) is 0 Å². The zero-order valence-electron chi connectivity index (χ0n) is 9.80. The fraction of sp³-hybridized carbons (Fsp3) is 0.200. The number of hydrogen-bond acceptors (Lipinski definition) is 5. The molecule has 0 fully saturated rings. The number of aromatic amines is 1. The summed E-state index contributed by atoms with van der Waals surface area (Å²) < 4.78 is 39.1. The van der Waals surface area contributed by atoms with Gasteiger partial charge in [0.2, 0.25) is 10.0 Å². The molecule has 9 heteroatoms. The second-order valence-electron chi connectivity index (χ2n) is 3.76. The minimum absolute atomic E-state index is 0.0797. The molecule has 1 aromatic heterocycles. The molecule has 0 radical (unpaired) electrons. The van der Waals surface area contributed by atoms with E-state index < -0.39 is 15.8 Å². The Kier molecular flexibility index (Phi) is 3.76. The van der Waals surface area contributed by atoms with Crippen molar-refractivity contribution >= 4 is 15.7 Å². The summed E-state index contributed by atoms with van der Waals surface area (Å²) in [5.41, 5.74) is 5.12. The van der Waals surface area contributed by atoms with Gasteiger partial charge in [0.15, 0.2) is 0 Å². The van der Waals surface area contributed by atoms with Crippen LogP contribution in [0.4, 0.5) is 10.1 Å². The highest BCUT2D eigenvalue weighted by Gasteiger charge is 2.15. The van der Waals surface area contributed by atoms with Crippen LogP contribution >= 0.6 is 0 Å². The van der Waals surface area contributed by atoms with E-state index in [4.69, 9.17) is 5.73 Å². The molecule has 1 aromatic carbocycles. The predicted molar refractivity (Wildman–Crippen MR) is 66.1 cm³/mol. The molecule has 0 atom stereocenters. The molecule has 4 N–H and O–H groups in total. The summed E-state index contributed by atoms with van der Waals surface area (Å²) in [6, 6.07) is 3.24. The van der Waals surface area contributed by atoms with Crippen LogP contribution in [0.3, 0.4) is 0 Å². The molecule has 0 saturated carbocycles. The second-order valence-corrected chi connectivity index (χ2v) is 5.53. The van der Waals surface area contributed by atoms with Crippen LogP contribution in [0, 0.1) is 5.82 Å². The van der Waals surface area contributed by atoms with Crippen molar-refractivity contribution in [3.63, 3.8) is 0 Å². The van der Waals surface area contributed by atoms with Crippen LogP contribution < -0.4 is 10.5 Å². The Morgan fingerprint density at radius 2 is 2.21 bits per heavy atom. The van der Waals surface area contributed by atoms with E-state index in [2.05, 4.69) is 19.9 Å². The molecule has 102 valence electrons. The Hall–Kier alpha value is -2.00. The summed E-state index contributed by atoms with van der Waals surface area (Å²) >= 11 is 0. The van der Waals surface area contributed by atoms with Crippen LogP contribution in [0.15, 0.2) is 29.4 Å². The molecule has 0 unspecified atom stereocenters. The number of nitrogen functional groups attached to an aromatic ring is 1. The summed E-state index contributed by atoms with van der Waals surface area (Å²) in [6.45, 7) is 0.148. The van der Waals surface area contributed by atoms with Crippen molar-refractivity contribution in [2.24, 2.45) is 0 Å². The lowest BCUT2D eigenvalue weighted by molar-refractivity contribution is 0.580. The third kappa shape index (κ3) is 3.26. The fourth-order valence-electron chi connectivity index (χ4n) is 1.43. The summed E-state index contributed by atoms with van der Waals surface area (Å²) in [5.74, 6) is -0.0815. The first-order valence-corrected chi connectivity index (χ1v) is 6.86. The average molecular weight is 285 g/mol. The van der Waals surface area contributed by atoms with E-state index in [1.165, 1.54) is 6.33 Å². The molecule has 0 amide bonds. The van der Waals surface area contributed by atoms with Gasteiger partial charge < -0.3 is 5.73 Å². The van der Waals surface area contributed by atoms with Crippen molar-refractivity contribution in [2.75, 3.05) is 12.3 Å². The van der Waals surface area contributed by atoms with Gasteiger partial charge in [-0.1, -0.05) is 0 Å². The maximum atomic E-state index is 13.0. The molecule has 0 aliphatic rings. The van der Waals surface area contributed by atoms with Crippen LogP contribution in [0.1, 0.15) is 5.82 Å². The van der Waals surface area contributed by atoms with E-state index in [0.29, 0.717) is 12.2 Å². The number of benzene rings is 1. The number of H-pyrrole nitrogens is 1. The van der Waals surface area contributed by atoms with Crippen LogP contribution in [-0.2, 0) is 16.4 Å². The Balaban J connectivity index is 2.03. The van der Waals surface area contributed by atoms with E-state index in [0.717, 1.165) is 18.2 Å². The number of aromatic nitrogens is 3. The number of sulfonamides is 1. The van der Waals surface area contributed by atoms with E-state index in [1.807, 2.05) is 0 Å². The van der Waals surface area contributed by atoms with Gasteiger partial charge in [0.25, 0.3) is 0 Å². The fourth-order valence-corrected chi connectivity index (χ4v) is 2.49. The molecule has 0 spiro atoms. The lowest BCUT2D eigenvalue weighted by atomic mass is 10.3. The number of halogens is 1. The molecule has 2 aromatic rings. The van der Waals surface area contributed by atoms with Gasteiger partial charge in [-0.3, -0.25) is 5.10 Å². The number of hydrogen-bond donors (Lipinski definition) is 3. The first kappa shape index (κ1) is 13.4. The van der Waals surface area contributed by atoms with E-state index in [-0.39, 0.29) is 17.1 Å². The van der Waals surface area contributed by atoms with Crippen LogP contribution in [0.25, 0.3) is 0 Å². The largest absolute Gasteiger partial charge is 0.396 e. The summed E-state index contributed by atoms with van der Waals surface area (Å²) in [4.78, 5) is 3.78. The quantitative estimate of drug-likeness (QED) is 0.671. The SMILES string of the molecule is Nc1cc(S(=O)(=O)NCCc2ncn[nH]2)ccc1F. The number of nitrogens with zero attached hydrogens (tertiary/aromatic N) is 2. The van der Waals surface area contributed by atoms with Gasteiger partial charge in [-0.05, 0) is 18.2 Å². The van der Waals surface area contributed by atoms with Gasteiger partial charge in [0.05, 0.1) is 10.6 Å². The number of anilines is 1. The Bertz CT molecular complexity index is 657. The maximum Gasteiger partial charge on any atom is 0.240 e. The van der Waals surface area contributed by atoms with Crippen molar-refractivity contribution in [2.45, 2.75) is 11.3 Å². The molecular weight excluding hydrogens is 273 g/mol. The summed E-state index contributed by atoms with van der Waals surface area (Å²) in [7, 11) is -3.71. The molecule has 0 aliphatic carbocycles. The van der Waals surface area contributed by atoms with Gasteiger partial charge in [0.1, 0.15) is 18.0 Å². The lowest BCUT2D eigenvalue weighted by Crippen LogP contribution is -2.26. The second kappa shape index (κ2) is 5.33. The summed E-state index contributed by atoms with van der Waals surface area (Å²) in [6.07, 6.45) is 1.71. The lowest BCUT2D eigenvalue weighted by Gasteiger charge is -2.06. The smallest absolute Gasteiger partial charge is 0.240 e. The highest BCUT2D eigenvalue weighted by molar-refractivity contribution is 7.89. The van der Waals surface area contributed by atoms with Crippen LogP contribution in [-0.4, -0.2) is 30.1 Å². The van der Waals surface area contributed by atoms with Gasteiger partial charge >= 0.3 is 0 Å². The molecule has 0 aliphatic heterocycles. The highest BCUT2D eigenvalue weighted by Crippen LogP contribution is 2.16. The Labute approximate surface area is 109 Å². The topological polar surface area (TPSA) is 114 Å². The molecule has 0 bridgehead atoms. The maximum absolute atomic E-state index is 13.0. The molecule has 2 rings (SSSR count). The Morgan fingerprint density at radius 1 is 1.42 bits per heavy atom.